The van der Waals surface area contributed by atoms with E-state index in [0.29, 0.717) is 0 Å². The van der Waals surface area contributed by atoms with E-state index in [1.54, 1.807) is 0 Å². The monoisotopic (exact) mass is 268 g/mol. The zero-order chi connectivity index (χ0) is 14.4. The number of hydrogen-bond donors (Lipinski definition) is 1. The van der Waals surface area contributed by atoms with Crippen LogP contribution in [0.15, 0.2) is 48.5 Å². The predicted octanol–water partition coefficient (Wildman–Crippen LogP) is 4.25. The lowest BCUT2D eigenvalue weighted by Crippen LogP contribution is -2.23. The summed E-state index contributed by atoms with van der Waals surface area (Å²) in [5, 5.41) is 0. The molecule has 0 atom stereocenters. The van der Waals surface area contributed by atoms with E-state index in [9.17, 15) is 0 Å². The highest BCUT2D eigenvalue weighted by atomic mass is 15.1. The molecule has 2 nitrogen and oxygen atoms in total. The second kappa shape index (κ2) is 6.99. The molecule has 0 aliphatic carbocycles. The van der Waals surface area contributed by atoms with Crippen molar-refractivity contribution in [2.45, 2.75) is 33.2 Å². The van der Waals surface area contributed by atoms with Crippen LogP contribution in [0.25, 0.3) is 0 Å². The molecule has 20 heavy (non-hydrogen) atoms. The van der Waals surface area contributed by atoms with Gasteiger partial charge in [0.15, 0.2) is 0 Å². The minimum absolute atomic E-state index is 0.817. The van der Waals surface area contributed by atoms with Crippen molar-refractivity contribution in [3.8, 4) is 0 Å². The first-order chi connectivity index (χ1) is 9.72. The Morgan fingerprint density at radius 2 is 1.45 bits per heavy atom. The normalized spacial score (nSPS) is 10.5. The van der Waals surface area contributed by atoms with E-state index in [2.05, 4.69) is 55.1 Å². The first kappa shape index (κ1) is 14.4. The fourth-order valence-corrected chi connectivity index (χ4v) is 2.36. The Labute approximate surface area is 122 Å². The minimum Gasteiger partial charge on any atom is -0.399 e. The van der Waals surface area contributed by atoms with Gasteiger partial charge in [0.2, 0.25) is 0 Å². The van der Waals surface area contributed by atoms with Gasteiger partial charge in [0.25, 0.3) is 0 Å². The summed E-state index contributed by atoms with van der Waals surface area (Å²) in [6.45, 7) is 6.40. The van der Waals surface area contributed by atoms with Gasteiger partial charge in [-0.25, -0.2) is 0 Å². The highest BCUT2D eigenvalue weighted by Crippen LogP contribution is 2.19. The molecule has 0 bridgehead atoms. The van der Waals surface area contributed by atoms with Gasteiger partial charge in [-0.05, 0) is 48.2 Å². The maximum absolute atomic E-state index is 5.77. The SMILES string of the molecule is CCCN(Cc1ccc(CC)cc1)c1ccc(N)cc1. The largest absolute Gasteiger partial charge is 0.399 e. The first-order valence-corrected chi connectivity index (χ1v) is 7.41. The van der Waals surface area contributed by atoms with Crippen LogP contribution in [0.2, 0.25) is 0 Å². The standard InChI is InChI=1S/C18H24N2/c1-3-13-20(18-11-9-17(19)10-12-18)14-16-7-5-15(4-2)6-8-16/h5-12H,3-4,13-14,19H2,1-2H3. The molecule has 0 aliphatic heterocycles. The minimum atomic E-state index is 0.817. The molecule has 0 amide bonds. The molecular formula is C18H24N2. The molecule has 2 aromatic carbocycles. The van der Waals surface area contributed by atoms with Crippen molar-refractivity contribution >= 4 is 11.4 Å². The average Bonchev–Trinajstić information content (AvgIpc) is 2.48. The smallest absolute Gasteiger partial charge is 0.0429 e. The zero-order valence-electron chi connectivity index (χ0n) is 12.5. The van der Waals surface area contributed by atoms with E-state index in [0.717, 1.165) is 31.6 Å². The highest BCUT2D eigenvalue weighted by Gasteiger charge is 2.06. The Balaban J connectivity index is 2.13. The third-order valence-electron chi connectivity index (χ3n) is 3.56. The van der Waals surface area contributed by atoms with Crippen molar-refractivity contribution in [1.82, 2.24) is 0 Å². The third-order valence-corrected chi connectivity index (χ3v) is 3.56. The number of hydrogen-bond acceptors (Lipinski definition) is 2. The number of nitrogens with two attached hydrogens (primary N) is 1. The Kier molecular flexibility index (Phi) is 5.05. The average molecular weight is 268 g/mol. The van der Waals surface area contributed by atoms with Crippen LogP contribution in [0.1, 0.15) is 31.4 Å². The van der Waals surface area contributed by atoms with Gasteiger partial charge in [0, 0.05) is 24.5 Å². The van der Waals surface area contributed by atoms with Crippen LogP contribution >= 0.6 is 0 Å². The molecule has 0 saturated heterocycles. The summed E-state index contributed by atoms with van der Waals surface area (Å²) in [4.78, 5) is 2.40. The van der Waals surface area contributed by atoms with Gasteiger partial charge in [-0.3, -0.25) is 0 Å². The molecule has 0 spiro atoms. The van der Waals surface area contributed by atoms with Crippen molar-refractivity contribution in [2.75, 3.05) is 17.2 Å². The fraction of sp³-hybridized carbons (Fsp3) is 0.333. The summed E-state index contributed by atoms with van der Waals surface area (Å²) in [7, 11) is 0. The van der Waals surface area contributed by atoms with Crippen molar-refractivity contribution < 1.29 is 0 Å². The summed E-state index contributed by atoms with van der Waals surface area (Å²) in [6, 6.07) is 17.1. The lowest BCUT2D eigenvalue weighted by atomic mass is 10.1. The molecular weight excluding hydrogens is 244 g/mol. The van der Waals surface area contributed by atoms with Crippen LogP contribution in [-0.4, -0.2) is 6.54 Å². The molecule has 0 heterocycles. The molecule has 2 aromatic rings. The number of rotatable bonds is 6. The topological polar surface area (TPSA) is 29.3 Å². The van der Waals surface area contributed by atoms with Gasteiger partial charge in [-0.2, -0.15) is 0 Å². The van der Waals surface area contributed by atoms with Crippen molar-refractivity contribution in [2.24, 2.45) is 0 Å². The van der Waals surface area contributed by atoms with Crippen LogP contribution in [0, 0.1) is 0 Å². The third kappa shape index (κ3) is 3.77. The molecule has 106 valence electrons. The molecule has 0 radical (unpaired) electrons. The van der Waals surface area contributed by atoms with Gasteiger partial charge in [0.05, 0.1) is 0 Å². The number of nitrogen functional groups attached to an aromatic ring is 1. The van der Waals surface area contributed by atoms with Gasteiger partial charge < -0.3 is 10.6 Å². The molecule has 0 unspecified atom stereocenters. The van der Waals surface area contributed by atoms with Crippen molar-refractivity contribution in [3.63, 3.8) is 0 Å². The summed E-state index contributed by atoms with van der Waals surface area (Å²) < 4.78 is 0. The maximum atomic E-state index is 5.77. The van der Waals surface area contributed by atoms with Crippen LogP contribution < -0.4 is 10.6 Å². The lowest BCUT2D eigenvalue weighted by Gasteiger charge is -2.24. The quantitative estimate of drug-likeness (QED) is 0.794. The Bertz CT molecular complexity index is 514. The summed E-state index contributed by atoms with van der Waals surface area (Å²) in [5.74, 6) is 0. The van der Waals surface area contributed by atoms with E-state index in [-0.39, 0.29) is 0 Å². The van der Waals surface area contributed by atoms with Crippen molar-refractivity contribution in [1.29, 1.82) is 0 Å². The molecule has 0 aliphatic rings. The predicted molar refractivity (Wildman–Crippen MR) is 88.0 cm³/mol. The van der Waals surface area contributed by atoms with Crippen LogP contribution in [0.5, 0.6) is 0 Å². The Hall–Kier alpha value is -1.96. The van der Waals surface area contributed by atoms with Crippen molar-refractivity contribution in [3.05, 3.63) is 59.7 Å². The van der Waals surface area contributed by atoms with E-state index in [1.165, 1.54) is 16.8 Å². The van der Waals surface area contributed by atoms with Gasteiger partial charge in [-0.15, -0.1) is 0 Å². The summed E-state index contributed by atoms with van der Waals surface area (Å²) in [6.07, 6.45) is 2.23. The molecule has 0 aromatic heterocycles. The first-order valence-electron chi connectivity index (χ1n) is 7.41. The van der Waals surface area contributed by atoms with Crippen LogP contribution in [0.3, 0.4) is 0 Å². The van der Waals surface area contributed by atoms with Gasteiger partial charge in [-0.1, -0.05) is 38.1 Å². The van der Waals surface area contributed by atoms with Crippen LogP contribution in [0.4, 0.5) is 11.4 Å². The maximum Gasteiger partial charge on any atom is 0.0429 e. The van der Waals surface area contributed by atoms with E-state index >= 15 is 0 Å². The number of aryl methyl sites for hydroxylation is 1. The fourth-order valence-electron chi connectivity index (χ4n) is 2.36. The second-order valence-electron chi connectivity index (χ2n) is 5.18. The van der Waals surface area contributed by atoms with E-state index < -0.39 is 0 Å². The van der Waals surface area contributed by atoms with E-state index in [4.69, 9.17) is 5.73 Å². The lowest BCUT2D eigenvalue weighted by molar-refractivity contribution is 0.767. The van der Waals surface area contributed by atoms with Gasteiger partial charge >= 0.3 is 0 Å². The molecule has 2 N–H and O–H groups in total. The number of benzene rings is 2. The number of anilines is 2. The van der Waals surface area contributed by atoms with E-state index in [1.807, 2.05) is 12.1 Å². The van der Waals surface area contributed by atoms with Gasteiger partial charge in [0.1, 0.15) is 0 Å². The second-order valence-corrected chi connectivity index (χ2v) is 5.18. The Morgan fingerprint density at radius 3 is 2.00 bits per heavy atom. The zero-order valence-corrected chi connectivity index (χ0v) is 12.5. The molecule has 2 rings (SSSR count). The summed E-state index contributed by atoms with van der Waals surface area (Å²) in [5.41, 5.74) is 10.6. The summed E-state index contributed by atoms with van der Waals surface area (Å²) >= 11 is 0. The Morgan fingerprint density at radius 1 is 0.850 bits per heavy atom. The molecule has 0 fully saturated rings. The highest BCUT2D eigenvalue weighted by molar-refractivity contribution is 5.53. The molecule has 2 heteroatoms. The molecule has 0 saturated carbocycles. The number of nitrogens with zero attached hydrogens (tertiary/aromatic N) is 1. The van der Waals surface area contributed by atoms with Crippen LogP contribution in [-0.2, 0) is 13.0 Å².